The first-order valence-electron chi connectivity index (χ1n) is 26.3. The zero-order chi connectivity index (χ0) is 53.8. The molecule has 6 heterocycles. The summed E-state index contributed by atoms with van der Waals surface area (Å²) in [5.41, 5.74) is 2.95. The van der Waals surface area contributed by atoms with E-state index in [2.05, 4.69) is 41.0 Å². The highest BCUT2D eigenvalue weighted by atomic mass is 32.1. The van der Waals surface area contributed by atoms with E-state index in [0.717, 1.165) is 83.4 Å². The summed E-state index contributed by atoms with van der Waals surface area (Å²) in [5, 5.41) is 12.6. The van der Waals surface area contributed by atoms with Crippen LogP contribution in [-0.2, 0) is 22.3 Å². The molecule has 0 radical (unpaired) electrons. The largest absolute Gasteiger partial charge is 0.444 e. The van der Waals surface area contributed by atoms with Gasteiger partial charge in [0.25, 0.3) is 0 Å². The Morgan fingerprint density at radius 2 is 1.16 bits per heavy atom. The maximum Gasteiger partial charge on any atom is 0.410 e. The third kappa shape index (κ3) is 17.6. The first kappa shape index (κ1) is 57.3. The van der Waals surface area contributed by atoms with E-state index in [1.54, 1.807) is 18.7 Å². The maximum atomic E-state index is 13.4. The number of piperidine rings is 3. The van der Waals surface area contributed by atoms with E-state index in [9.17, 15) is 32.8 Å². The van der Waals surface area contributed by atoms with E-state index in [1.165, 1.54) is 72.8 Å². The normalized spacial score (nSPS) is 22.5. The van der Waals surface area contributed by atoms with E-state index >= 15 is 0 Å². The smallest absolute Gasteiger partial charge is 0.410 e. The minimum Gasteiger partial charge on any atom is -0.444 e. The highest BCUT2D eigenvalue weighted by Crippen LogP contribution is 2.29. The summed E-state index contributed by atoms with van der Waals surface area (Å²) < 4.78 is 37.9. The number of hydrogen-bond acceptors (Lipinski definition) is 13. The second kappa shape index (κ2) is 26.6. The van der Waals surface area contributed by atoms with Gasteiger partial charge < -0.3 is 34.8 Å². The molecule has 2 aromatic heterocycles. The van der Waals surface area contributed by atoms with E-state index in [0.29, 0.717) is 81.9 Å². The molecule has 20 heteroatoms. The fraction of sp³-hybridized carbons (Fsp3) is 0.582. The molecule has 2 aromatic carbocycles. The standard InChI is InChI=1S/C30H42FN5O4S.C25H33FN4O3S.4H2/c1-19-26(20(2)37)41-28(32-19)34-27(38)33-25-12-14-36(29(39)40-30(3,4)5)18-23(25)17-35-13-6-7-22(16-35)15-21-8-10-24(31)11-9-21;1-16-23(17(2)31)34-25(27-16)29-24(32)28-22-15-33-11-9-20(22)14-30-10-3-4-19(13-30)12-18-5-7-21(26)8-6-18;;;;/h8-11,22-23,25H,6-7,12-18H2,1-5H3,(H2,32,33,34,38);5-8,19-20,22H,3-4,9-15H2,1-2H3,(H2,27,28,29,32);4*1H/t22-,23+,25+;19-,20-,22+;;;;/m00..../s1. The highest BCUT2D eigenvalue weighted by molar-refractivity contribution is 7.18. The quantitative estimate of drug-likeness (QED) is 0.0880. The van der Waals surface area contributed by atoms with Crippen molar-refractivity contribution in [1.29, 1.82) is 0 Å². The topological polar surface area (TPSA) is 187 Å². The zero-order valence-corrected chi connectivity index (χ0v) is 46.1. The molecule has 0 saturated carbocycles. The predicted octanol–water partition coefficient (Wildman–Crippen LogP) is 10.8. The molecular formula is C55H83F2N9O7S2. The lowest BCUT2D eigenvalue weighted by atomic mass is 9.88. The monoisotopic (exact) mass is 1080 g/mol. The average Bonchev–Trinajstić information content (AvgIpc) is 3.92. The second-order valence-corrected chi connectivity index (χ2v) is 23.7. The fourth-order valence-electron chi connectivity index (χ4n) is 10.8. The van der Waals surface area contributed by atoms with Gasteiger partial charge in [-0.1, -0.05) is 46.9 Å². The van der Waals surface area contributed by atoms with Gasteiger partial charge in [0.2, 0.25) is 0 Å². The van der Waals surface area contributed by atoms with Crippen LogP contribution in [0, 0.1) is 49.2 Å². The van der Waals surface area contributed by atoms with Crippen molar-refractivity contribution in [3.63, 3.8) is 0 Å². The number of thiazole rings is 2. The summed E-state index contributed by atoms with van der Waals surface area (Å²) in [7, 11) is 0. The average molecular weight is 1080 g/mol. The molecule has 0 spiro atoms. The first-order valence-corrected chi connectivity index (χ1v) is 28.0. The molecular weight excluding hydrogens is 1000 g/mol. The Bertz CT molecular complexity index is 2600. The van der Waals surface area contributed by atoms with Gasteiger partial charge in [0, 0.05) is 77.4 Å². The van der Waals surface area contributed by atoms with Gasteiger partial charge in [0.15, 0.2) is 21.8 Å². The van der Waals surface area contributed by atoms with Crippen LogP contribution in [0.25, 0.3) is 0 Å². The number of carbonyl (C=O) groups is 5. The highest BCUT2D eigenvalue weighted by Gasteiger charge is 2.37. The van der Waals surface area contributed by atoms with Gasteiger partial charge in [0.1, 0.15) is 17.2 Å². The number of halogens is 2. The number of aromatic nitrogens is 2. The van der Waals surface area contributed by atoms with E-state index in [-0.39, 0.29) is 65.1 Å². The van der Waals surface area contributed by atoms with E-state index < -0.39 is 5.60 Å². The Kier molecular flexibility index (Phi) is 20.3. The molecule has 0 aliphatic carbocycles. The fourth-order valence-corrected chi connectivity index (χ4v) is 12.5. The summed E-state index contributed by atoms with van der Waals surface area (Å²) in [6, 6.07) is 12.6. The van der Waals surface area contributed by atoms with Gasteiger partial charge in [-0.25, -0.2) is 33.1 Å². The van der Waals surface area contributed by atoms with Crippen molar-refractivity contribution in [3.05, 3.63) is 92.4 Å². The summed E-state index contributed by atoms with van der Waals surface area (Å²) in [6.07, 6.45) is 7.52. The van der Waals surface area contributed by atoms with Crippen molar-refractivity contribution < 1.29 is 47.9 Å². The maximum absolute atomic E-state index is 13.4. The van der Waals surface area contributed by atoms with E-state index in [4.69, 9.17) is 9.47 Å². The van der Waals surface area contributed by atoms with Crippen LogP contribution < -0.4 is 21.3 Å². The van der Waals surface area contributed by atoms with Crippen LogP contribution >= 0.6 is 22.7 Å². The van der Waals surface area contributed by atoms with Crippen LogP contribution in [0.15, 0.2) is 48.5 Å². The van der Waals surface area contributed by atoms with Crippen molar-refractivity contribution in [2.75, 3.05) is 76.2 Å². The third-order valence-corrected chi connectivity index (χ3v) is 16.6. The lowest BCUT2D eigenvalue weighted by Crippen LogP contribution is -2.57. The number of carbonyl (C=O) groups excluding carboxylic acids is 5. The van der Waals surface area contributed by atoms with Crippen molar-refractivity contribution in [2.24, 2.45) is 23.7 Å². The van der Waals surface area contributed by atoms with Crippen molar-refractivity contribution in [1.82, 2.24) is 35.3 Å². The number of amides is 5. The SMILES string of the molecule is CC(=O)c1sc(NC(=O)N[C@@H]2CCN(C(=O)OC(C)(C)C)C[C@H]2CN2CCC[C@@H](Cc3ccc(F)cc3)C2)nc1C.CC(=O)c1sc(NC(=O)N[C@@H]2COCC[C@H]2CN2CCC[C@@H](Cc3ccc(F)cc3)C2)nc1C.[HH].[HH].[HH].[HH]. The number of ether oxygens (including phenoxy) is 2. The number of hydrogen-bond donors (Lipinski definition) is 4. The number of Topliss-reactive ketones (excluding diaryl/α,β-unsaturated/α-hetero) is 2. The van der Waals surface area contributed by atoms with Gasteiger partial charge in [-0.3, -0.25) is 20.2 Å². The Morgan fingerprint density at radius 3 is 1.63 bits per heavy atom. The minimum absolute atomic E-state index is 0. The molecule has 4 aliphatic heterocycles. The number of nitrogens with zero attached hydrogens (tertiary/aromatic N) is 5. The molecule has 4 fully saturated rings. The molecule has 4 saturated heterocycles. The lowest BCUT2D eigenvalue weighted by Gasteiger charge is -2.42. The Balaban J connectivity index is 0.000000401. The number of urea groups is 2. The molecule has 4 aromatic rings. The number of anilines is 2. The minimum atomic E-state index is -0.591. The van der Waals surface area contributed by atoms with Gasteiger partial charge >= 0.3 is 18.2 Å². The third-order valence-electron chi connectivity index (χ3n) is 14.3. The number of likely N-dealkylation sites (tertiary alicyclic amines) is 3. The summed E-state index contributed by atoms with van der Waals surface area (Å²) in [4.78, 5) is 78.4. The molecule has 4 N–H and O–H groups in total. The predicted molar refractivity (Wildman–Crippen MR) is 297 cm³/mol. The molecule has 416 valence electrons. The summed E-state index contributed by atoms with van der Waals surface area (Å²) >= 11 is 2.36. The number of rotatable bonds is 14. The second-order valence-electron chi connectivity index (χ2n) is 21.7. The van der Waals surface area contributed by atoms with Crippen molar-refractivity contribution in [3.8, 4) is 0 Å². The Labute approximate surface area is 454 Å². The molecule has 5 amide bonds. The summed E-state index contributed by atoms with van der Waals surface area (Å²) in [6.45, 7) is 19.8. The Hall–Kier alpha value is -5.41. The van der Waals surface area contributed by atoms with Gasteiger partial charge in [0.05, 0.1) is 33.8 Å². The molecule has 16 nitrogen and oxygen atoms in total. The van der Waals surface area contributed by atoms with Crippen LogP contribution in [0.4, 0.5) is 33.4 Å². The van der Waals surface area contributed by atoms with E-state index in [1.807, 2.05) is 45.0 Å². The molecule has 75 heavy (non-hydrogen) atoms. The number of aryl methyl sites for hydroxylation is 2. The Morgan fingerprint density at radius 1 is 0.680 bits per heavy atom. The number of benzene rings is 2. The molecule has 0 bridgehead atoms. The lowest BCUT2D eigenvalue weighted by molar-refractivity contribution is 0.00957. The van der Waals surface area contributed by atoms with Gasteiger partial charge in [-0.15, -0.1) is 0 Å². The van der Waals surface area contributed by atoms with Crippen LogP contribution in [0.3, 0.4) is 0 Å². The van der Waals surface area contributed by atoms with Gasteiger partial charge in [-0.2, -0.15) is 0 Å². The summed E-state index contributed by atoms with van der Waals surface area (Å²) in [5.74, 6) is 0.756. The van der Waals surface area contributed by atoms with Crippen LogP contribution in [-0.4, -0.2) is 138 Å². The zero-order valence-electron chi connectivity index (χ0n) is 44.5. The van der Waals surface area contributed by atoms with Crippen LogP contribution in [0.2, 0.25) is 0 Å². The van der Waals surface area contributed by atoms with Gasteiger partial charge in [-0.05, 0) is 152 Å². The molecule has 4 aliphatic rings. The molecule has 8 rings (SSSR count). The van der Waals surface area contributed by atoms with Crippen LogP contribution in [0.5, 0.6) is 0 Å². The first-order chi connectivity index (χ1) is 35.7. The molecule has 6 atom stereocenters. The number of nitrogens with one attached hydrogen (secondary N) is 4. The van der Waals surface area contributed by atoms with Crippen molar-refractivity contribution in [2.45, 2.75) is 118 Å². The number of ketones is 2. The van der Waals surface area contributed by atoms with Crippen LogP contribution in [0.1, 0.15) is 121 Å². The van der Waals surface area contributed by atoms with Crippen molar-refractivity contribution >= 4 is 62.7 Å². The molecule has 0 unspecified atom stereocenters.